The van der Waals surface area contributed by atoms with Crippen LogP contribution in [0.15, 0.2) is 12.1 Å². The second-order valence-electron chi connectivity index (χ2n) is 5.10. The van der Waals surface area contributed by atoms with Gasteiger partial charge in [0.15, 0.2) is 0 Å². The molecule has 116 valence electrons. The van der Waals surface area contributed by atoms with Crippen molar-refractivity contribution in [3.63, 3.8) is 0 Å². The molecule has 1 aromatic rings. The number of anilines is 2. The number of rotatable bonds is 7. The zero-order valence-electron chi connectivity index (χ0n) is 12.7. The first-order valence-electron chi connectivity index (χ1n) is 6.66. The zero-order chi connectivity index (χ0) is 16.0. The average molecular weight is 295 g/mol. The lowest BCUT2D eigenvalue weighted by molar-refractivity contribution is -0.384. The summed E-state index contributed by atoms with van der Waals surface area (Å²) in [7, 11) is 3.27. The van der Waals surface area contributed by atoms with Crippen LogP contribution in [0.1, 0.15) is 13.8 Å². The molecule has 0 saturated carbocycles. The number of hydrogen-bond donors (Lipinski definition) is 2. The van der Waals surface area contributed by atoms with Gasteiger partial charge in [-0.05, 0) is 12.0 Å². The van der Waals surface area contributed by atoms with E-state index < -0.39 is 4.92 Å². The molecule has 0 aliphatic rings. The van der Waals surface area contributed by atoms with Crippen molar-refractivity contribution < 1.29 is 9.72 Å². The zero-order valence-corrected chi connectivity index (χ0v) is 12.7. The van der Waals surface area contributed by atoms with E-state index >= 15 is 0 Å². The highest BCUT2D eigenvalue weighted by Gasteiger charge is 2.21. The summed E-state index contributed by atoms with van der Waals surface area (Å²) in [5, 5.41) is 16.6. The van der Waals surface area contributed by atoms with Gasteiger partial charge in [-0.2, -0.15) is 0 Å². The third-order valence-corrected chi connectivity index (χ3v) is 2.76. The van der Waals surface area contributed by atoms with Gasteiger partial charge in [0.2, 0.25) is 11.7 Å². The van der Waals surface area contributed by atoms with Gasteiger partial charge in [0, 0.05) is 26.7 Å². The fourth-order valence-electron chi connectivity index (χ4n) is 1.67. The quantitative estimate of drug-likeness (QED) is 0.580. The van der Waals surface area contributed by atoms with Crippen LogP contribution in [0.2, 0.25) is 0 Å². The summed E-state index contributed by atoms with van der Waals surface area (Å²) >= 11 is 0. The highest BCUT2D eigenvalue weighted by molar-refractivity contribution is 5.81. The molecule has 0 spiro atoms. The van der Waals surface area contributed by atoms with Crippen molar-refractivity contribution in [2.75, 3.05) is 37.4 Å². The second-order valence-corrected chi connectivity index (χ2v) is 5.10. The maximum Gasteiger partial charge on any atom is 0.311 e. The van der Waals surface area contributed by atoms with Gasteiger partial charge in [0.25, 0.3) is 0 Å². The molecule has 0 fully saturated rings. The molecule has 0 atom stereocenters. The summed E-state index contributed by atoms with van der Waals surface area (Å²) in [5.41, 5.74) is -0.131. The van der Waals surface area contributed by atoms with Crippen LogP contribution in [-0.4, -0.2) is 43.0 Å². The Labute approximate surface area is 123 Å². The standard InChI is InChI=1S/C13H21N5O3/c1-9(2)7-15-12(19)8-17(4)13-10(18(20)21)5-6-11(14-3)16-13/h5-6,9H,7-8H2,1-4H3,(H,14,16)(H,15,19). The van der Waals surface area contributed by atoms with Crippen LogP contribution in [0.4, 0.5) is 17.3 Å². The fourth-order valence-corrected chi connectivity index (χ4v) is 1.67. The molecule has 0 aliphatic carbocycles. The van der Waals surface area contributed by atoms with Crippen molar-refractivity contribution in [1.82, 2.24) is 10.3 Å². The molecule has 0 unspecified atom stereocenters. The van der Waals surface area contributed by atoms with E-state index in [9.17, 15) is 14.9 Å². The largest absolute Gasteiger partial charge is 0.373 e. The van der Waals surface area contributed by atoms with Crippen LogP contribution in [0, 0.1) is 16.0 Å². The Morgan fingerprint density at radius 3 is 2.67 bits per heavy atom. The number of likely N-dealkylation sites (N-methyl/N-ethyl adjacent to an activating group) is 1. The molecular weight excluding hydrogens is 274 g/mol. The van der Waals surface area contributed by atoms with E-state index in [1.54, 1.807) is 14.1 Å². The van der Waals surface area contributed by atoms with Crippen molar-refractivity contribution in [1.29, 1.82) is 0 Å². The van der Waals surface area contributed by atoms with E-state index in [0.29, 0.717) is 18.3 Å². The first-order chi connectivity index (χ1) is 9.85. The molecule has 0 aromatic carbocycles. The number of pyridine rings is 1. The van der Waals surface area contributed by atoms with Gasteiger partial charge in [-0.3, -0.25) is 14.9 Å². The molecule has 8 nitrogen and oxygen atoms in total. The second kappa shape index (κ2) is 7.41. The molecule has 0 radical (unpaired) electrons. The Morgan fingerprint density at radius 1 is 1.48 bits per heavy atom. The molecule has 21 heavy (non-hydrogen) atoms. The number of hydrogen-bond acceptors (Lipinski definition) is 6. The topological polar surface area (TPSA) is 100 Å². The Hall–Kier alpha value is -2.38. The van der Waals surface area contributed by atoms with Gasteiger partial charge < -0.3 is 15.5 Å². The summed E-state index contributed by atoms with van der Waals surface area (Å²) in [4.78, 5) is 28.0. The minimum atomic E-state index is -0.510. The predicted octanol–water partition coefficient (Wildman–Crippen LogP) is 1.24. The van der Waals surface area contributed by atoms with Gasteiger partial charge in [-0.25, -0.2) is 4.98 Å². The lowest BCUT2D eigenvalue weighted by Crippen LogP contribution is -2.37. The molecule has 0 bridgehead atoms. The van der Waals surface area contributed by atoms with E-state index in [-0.39, 0.29) is 24.0 Å². The minimum Gasteiger partial charge on any atom is -0.373 e. The number of aromatic nitrogens is 1. The number of nitrogens with zero attached hydrogens (tertiary/aromatic N) is 3. The molecule has 0 aliphatic heterocycles. The van der Waals surface area contributed by atoms with Gasteiger partial charge in [-0.15, -0.1) is 0 Å². The smallest absolute Gasteiger partial charge is 0.311 e. The van der Waals surface area contributed by atoms with Crippen molar-refractivity contribution >= 4 is 23.2 Å². The molecular formula is C13H21N5O3. The van der Waals surface area contributed by atoms with Crippen molar-refractivity contribution in [2.24, 2.45) is 5.92 Å². The highest BCUT2D eigenvalue weighted by atomic mass is 16.6. The monoisotopic (exact) mass is 295 g/mol. The maximum atomic E-state index is 11.8. The first kappa shape index (κ1) is 16.7. The number of amides is 1. The maximum absolute atomic E-state index is 11.8. The number of carbonyl (C=O) groups excluding carboxylic acids is 1. The summed E-state index contributed by atoms with van der Waals surface area (Å²) in [5.74, 6) is 0.813. The van der Waals surface area contributed by atoms with Crippen molar-refractivity contribution in [2.45, 2.75) is 13.8 Å². The molecule has 8 heteroatoms. The van der Waals surface area contributed by atoms with Crippen LogP contribution < -0.4 is 15.5 Å². The lowest BCUT2D eigenvalue weighted by Gasteiger charge is -2.18. The summed E-state index contributed by atoms with van der Waals surface area (Å²) in [6.45, 7) is 4.56. The molecule has 2 N–H and O–H groups in total. The van der Waals surface area contributed by atoms with Gasteiger partial charge >= 0.3 is 5.69 Å². The SMILES string of the molecule is CNc1ccc([N+](=O)[O-])c(N(C)CC(=O)NCC(C)C)n1. The van der Waals surface area contributed by atoms with Crippen molar-refractivity contribution in [3.05, 3.63) is 22.2 Å². The van der Waals surface area contributed by atoms with Crippen LogP contribution in [-0.2, 0) is 4.79 Å². The lowest BCUT2D eigenvalue weighted by atomic mass is 10.2. The van der Waals surface area contributed by atoms with E-state index in [2.05, 4.69) is 15.6 Å². The fraction of sp³-hybridized carbons (Fsp3) is 0.538. The Morgan fingerprint density at radius 2 is 2.14 bits per heavy atom. The first-order valence-corrected chi connectivity index (χ1v) is 6.66. The summed E-state index contributed by atoms with van der Waals surface area (Å²) in [6, 6.07) is 2.89. The molecule has 1 heterocycles. The molecule has 0 saturated heterocycles. The highest BCUT2D eigenvalue weighted by Crippen LogP contribution is 2.26. The Balaban J connectivity index is 2.87. The van der Waals surface area contributed by atoms with Crippen LogP contribution >= 0.6 is 0 Å². The average Bonchev–Trinajstić information content (AvgIpc) is 2.44. The van der Waals surface area contributed by atoms with E-state index in [0.717, 1.165) is 0 Å². The Bertz CT molecular complexity index is 519. The molecule has 1 aromatic heterocycles. The third kappa shape index (κ3) is 4.90. The molecule has 1 rings (SSSR count). The van der Waals surface area contributed by atoms with E-state index in [1.165, 1.54) is 17.0 Å². The Kier molecular flexibility index (Phi) is 5.89. The van der Waals surface area contributed by atoms with Gasteiger partial charge in [0.05, 0.1) is 11.5 Å². The normalized spacial score (nSPS) is 10.3. The predicted molar refractivity (Wildman–Crippen MR) is 81.6 cm³/mol. The minimum absolute atomic E-state index is 0.00767. The van der Waals surface area contributed by atoms with E-state index in [4.69, 9.17) is 0 Å². The van der Waals surface area contributed by atoms with Crippen LogP contribution in [0.3, 0.4) is 0 Å². The van der Waals surface area contributed by atoms with Crippen LogP contribution in [0.5, 0.6) is 0 Å². The van der Waals surface area contributed by atoms with Crippen molar-refractivity contribution in [3.8, 4) is 0 Å². The number of nitrogens with one attached hydrogen (secondary N) is 2. The van der Waals surface area contributed by atoms with Gasteiger partial charge in [-0.1, -0.05) is 13.8 Å². The molecule has 1 amide bonds. The summed E-state index contributed by atoms with van der Waals surface area (Å²) in [6.07, 6.45) is 0. The third-order valence-electron chi connectivity index (χ3n) is 2.76. The van der Waals surface area contributed by atoms with Crippen LogP contribution in [0.25, 0.3) is 0 Å². The van der Waals surface area contributed by atoms with Gasteiger partial charge in [0.1, 0.15) is 5.82 Å². The summed E-state index contributed by atoms with van der Waals surface area (Å²) < 4.78 is 0. The number of carbonyl (C=O) groups is 1. The van der Waals surface area contributed by atoms with E-state index in [1.807, 2.05) is 13.8 Å². The number of nitro groups is 1.